The van der Waals surface area contributed by atoms with Crippen molar-refractivity contribution in [3.05, 3.63) is 277 Å². The van der Waals surface area contributed by atoms with Crippen LogP contribution in [0.1, 0.15) is 22.3 Å². The van der Waals surface area contributed by atoms with Crippen LogP contribution < -0.4 is 9.80 Å². The molecule has 63 heavy (non-hydrogen) atoms. The molecule has 2 nitrogen and oxygen atoms in total. The van der Waals surface area contributed by atoms with Gasteiger partial charge in [0, 0.05) is 34.1 Å². The number of hydrogen-bond donors (Lipinski definition) is 0. The van der Waals surface area contributed by atoms with E-state index in [4.69, 9.17) is 0 Å². The molecule has 2 heteroatoms. The molecule has 0 aromatic heterocycles. The second kappa shape index (κ2) is 15.1. The Kier molecular flexibility index (Phi) is 8.76. The van der Waals surface area contributed by atoms with Crippen molar-refractivity contribution < 1.29 is 0 Å². The maximum absolute atomic E-state index is 2.48. The van der Waals surface area contributed by atoms with E-state index in [1.807, 2.05) is 0 Å². The summed E-state index contributed by atoms with van der Waals surface area (Å²) in [6, 6.07) is 93.3. The van der Waals surface area contributed by atoms with Crippen molar-refractivity contribution in [3.8, 4) is 44.5 Å². The topological polar surface area (TPSA) is 6.48 Å². The lowest BCUT2D eigenvalue weighted by atomic mass is 9.70. The average Bonchev–Trinajstić information content (AvgIpc) is 3.82. The van der Waals surface area contributed by atoms with Gasteiger partial charge in [-0.05, 0) is 140 Å². The molecule has 296 valence electrons. The third kappa shape index (κ3) is 5.95. The highest BCUT2D eigenvalue weighted by molar-refractivity contribution is 5.97. The molecule has 0 amide bonds. The molecule has 0 aliphatic heterocycles. The van der Waals surface area contributed by atoms with Gasteiger partial charge in [0.1, 0.15) is 0 Å². The maximum atomic E-state index is 2.48. The predicted molar refractivity (Wildman–Crippen MR) is 263 cm³/mol. The lowest BCUT2D eigenvalue weighted by Crippen LogP contribution is -2.26. The van der Waals surface area contributed by atoms with Crippen LogP contribution in [0.25, 0.3) is 44.5 Å². The zero-order valence-corrected chi connectivity index (χ0v) is 34.6. The van der Waals surface area contributed by atoms with E-state index in [-0.39, 0.29) is 0 Å². The number of para-hydroxylation sites is 2. The third-order valence-corrected chi connectivity index (χ3v) is 13.0. The van der Waals surface area contributed by atoms with Crippen molar-refractivity contribution in [3.63, 3.8) is 0 Å². The fraction of sp³-hybridized carbons (Fsp3) is 0.0164. The van der Waals surface area contributed by atoms with Gasteiger partial charge in [0.05, 0.1) is 5.41 Å². The van der Waals surface area contributed by atoms with Gasteiger partial charge in [0.15, 0.2) is 0 Å². The Hall–Kier alpha value is -8.20. The second-order valence-electron chi connectivity index (χ2n) is 16.5. The highest BCUT2D eigenvalue weighted by Crippen LogP contribution is 2.64. The van der Waals surface area contributed by atoms with Gasteiger partial charge in [-0.15, -0.1) is 0 Å². The molecule has 0 saturated carbocycles. The highest BCUT2D eigenvalue weighted by Gasteiger charge is 2.52. The molecule has 1 spiro atoms. The van der Waals surface area contributed by atoms with Crippen LogP contribution in [0.4, 0.5) is 34.1 Å². The van der Waals surface area contributed by atoms with E-state index in [0.29, 0.717) is 0 Å². The third-order valence-electron chi connectivity index (χ3n) is 13.0. The molecule has 0 heterocycles. The van der Waals surface area contributed by atoms with Gasteiger partial charge in [-0.1, -0.05) is 182 Å². The van der Waals surface area contributed by atoms with Crippen molar-refractivity contribution in [1.82, 2.24) is 0 Å². The van der Waals surface area contributed by atoms with Gasteiger partial charge < -0.3 is 9.80 Å². The van der Waals surface area contributed by atoms with E-state index in [1.165, 1.54) is 66.8 Å². The maximum Gasteiger partial charge on any atom is 0.0727 e. The molecule has 0 bridgehead atoms. The highest BCUT2D eigenvalue weighted by atomic mass is 15.1. The minimum atomic E-state index is -0.563. The summed E-state index contributed by atoms with van der Waals surface area (Å²) in [5.74, 6) is 0. The van der Waals surface area contributed by atoms with Crippen LogP contribution in [-0.2, 0) is 5.41 Å². The standard InChI is InChI=1S/C61H42N2/c1-5-19-43(20-6-1)45-23-17-29-49(39-45)62(47-25-9-3-10-26-47)51-35-37-55-53-31-13-15-33-57(53)61(59(55)41-51)58-34-16-14-32-54(58)56-38-36-52(42-60(56)61)63(48-27-11-4-12-28-48)50-30-18-24-46(40-50)44-21-7-2-8-22-44/h1-42H. The molecule has 0 fully saturated rings. The second-order valence-corrected chi connectivity index (χ2v) is 16.5. The Balaban J connectivity index is 1.09. The Morgan fingerprint density at radius 3 is 0.952 bits per heavy atom. The quantitative estimate of drug-likeness (QED) is 0.151. The van der Waals surface area contributed by atoms with Crippen molar-refractivity contribution in [1.29, 1.82) is 0 Å². The first-order chi connectivity index (χ1) is 31.3. The molecule has 0 N–H and O–H groups in total. The fourth-order valence-corrected chi connectivity index (χ4v) is 10.4. The van der Waals surface area contributed by atoms with E-state index in [1.54, 1.807) is 0 Å². The van der Waals surface area contributed by atoms with Gasteiger partial charge in [-0.2, -0.15) is 0 Å². The summed E-state index contributed by atoms with van der Waals surface area (Å²) in [5.41, 5.74) is 21.2. The Bertz CT molecular complexity index is 3060. The Labute approximate surface area is 369 Å². The molecule has 12 rings (SSSR count). The summed E-state index contributed by atoms with van der Waals surface area (Å²) in [5, 5.41) is 0. The van der Waals surface area contributed by atoms with E-state index < -0.39 is 5.41 Å². The molecular weight excluding hydrogens is 761 g/mol. The van der Waals surface area contributed by atoms with Gasteiger partial charge in [-0.3, -0.25) is 0 Å². The summed E-state index contributed by atoms with van der Waals surface area (Å²) in [6.07, 6.45) is 0. The van der Waals surface area contributed by atoms with Crippen LogP contribution in [0.2, 0.25) is 0 Å². The zero-order valence-electron chi connectivity index (χ0n) is 34.6. The molecule has 10 aromatic rings. The van der Waals surface area contributed by atoms with Crippen LogP contribution in [0.5, 0.6) is 0 Å². The first-order valence-electron chi connectivity index (χ1n) is 21.8. The average molecular weight is 803 g/mol. The summed E-state index contributed by atoms with van der Waals surface area (Å²) < 4.78 is 0. The zero-order chi connectivity index (χ0) is 41.7. The minimum Gasteiger partial charge on any atom is -0.310 e. The van der Waals surface area contributed by atoms with Crippen LogP contribution in [0.3, 0.4) is 0 Å². The normalized spacial score (nSPS) is 12.6. The molecule has 0 radical (unpaired) electrons. The molecular formula is C61H42N2. The van der Waals surface area contributed by atoms with Crippen molar-refractivity contribution >= 4 is 34.1 Å². The summed E-state index contributed by atoms with van der Waals surface area (Å²) in [4.78, 5) is 4.83. The first-order valence-corrected chi connectivity index (χ1v) is 21.8. The largest absolute Gasteiger partial charge is 0.310 e. The van der Waals surface area contributed by atoms with Gasteiger partial charge >= 0.3 is 0 Å². The predicted octanol–water partition coefficient (Wildman–Crippen LogP) is 16.3. The van der Waals surface area contributed by atoms with Gasteiger partial charge in [0.25, 0.3) is 0 Å². The van der Waals surface area contributed by atoms with Crippen LogP contribution in [-0.4, -0.2) is 0 Å². The fourth-order valence-electron chi connectivity index (χ4n) is 10.4. The molecule has 0 unspecified atom stereocenters. The summed E-state index contributed by atoms with van der Waals surface area (Å²) in [7, 11) is 0. The smallest absolute Gasteiger partial charge is 0.0727 e. The molecule has 2 aliphatic rings. The molecule has 0 atom stereocenters. The van der Waals surface area contributed by atoms with Crippen LogP contribution >= 0.6 is 0 Å². The summed E-state index contributed by atoms with van der Waals surface area (Å²) in [6.45, 7) is 0. The van der Waals surface area contributed by atoms with Crippen molar-refractivity contribution in [2.45, 2.75) is 5.41 Å². The van der Waals surface area contributed by atoms with Crippen molar-refractivity contribution in [2.75, 3.05) is 9.80 Å². The number of rotatable bonds is 8. The van der Waals surface area contributed by atoms with E-state index in [0.717, 1.165) is 34.1 Å². The van der Waals surface area contributed by atoms with Gasteiger partial charge in [0.2, 0.25) is 0 Å². The summed E-state index contributed by atoms with van der Waals surface area (Å²) >= 11 is 0. The Morgan fingerprint density at radius 2 is 0.524 bits per heavy atom. The number of hydrogen-bond acceptors (Lipinski definition) is 2. The first kappa shape index (κ1) is 36.6. The number of benzene rings is 10. The lowest BCUT2D eigenvalue weighted by Gasteiger charge is -2.33. The van der Waals surface area contributed by atoms with E-state index in [9.17, 15) is 0 Å². The minimum absolute atomic E-state index is 0.563. The molecule has 10 aromatic carbocycles. The Morgan fingerprint density at radius 1 is 0.206 bits per heavy atom. The van der Waals surface area contributed by atoms with E-state index >= 15 is 0 Å². The monoisotopic (exact) mass is 802 g/mol. The van der Waals surface area contributed by atoms with Gasteiger partial charge in [-0.25, -0.2) is 0 Å². The van der Waals surface area contributed by atoms with E-state index in [2.05, 4.69) is 265 Å². The number of fused-ring (bicyclic) bond motifs is 10. The van der Waals surface area contributed by atoms with Crippen LogP contribution in [0.15, 0.2) is 255 Å². The molecule has 0 saturated heterocycles. The van der Waals surface area contributed by atoms with Crippen LogP contribution in [0, 0.1) is 0 Å². The SMILES string of the molecule is c1ccc(-c2cccc(N(c3ccccc3)c3ccc4c(c3)C3(c5ccccc5-4)c4ccccc4-c4ccc(N(c5ccccc5)c5cccc(-c6ccccc6)c5)cc43)c2)cc1. The molecule has 2 aliphatic carbocycles. The lowest BCUT2D eigenvalue weighted by molar-refractivity contribution is 0.793. The number of nitrogens with zero attached hydrogens (tertiary/aromatic N) is 2. The van der Waals surface area contributed by atoms with Crippen molar-refractivity contribution in [2.24, 2.45) is 0 Å². The number of anilines is 6.